The first-order valence-corrected chi connectivity index (χ1v) is 6.42. The van der Waals surface area contributed by atoms with Crippen LogP contribution < -0.4 is 0 Å². The van der Waals surface area contributed by atoms with Crippen molar-refractivity contribution in [3.05, 3.63) is 71.6 Å². The second kappa shape index (κ2) is 5.28. The highest BCUT2D eigenvalue weighted by Crippen LogP contribution is 2.26. The smallest absolute Gasteiger partial charge is 0.213 e. The van der Waals surface area contributed by atoms with Gasteiger partial charge in [-0.05, 0) is 36.8 Å². The molecule has 3 aromatic rings. The number of benzene rings is 1. The van der Waals surface area contributed by atoms with Gasteiger partial charge in [0.2, 0.25) is 5.78 Å². The van der Waals surface area contributed by atoms with E-state index in [9.17, 15) is 9.18 Å². The molecule has 0 amide bonds. The maximum Gasteiger partial charge on any atom is 0.213 e. The summed E-state index contributed by atoms with van der Waals surface area (Å²) in [5.41, 5.74) is 2.89. The Morgan fingerprint density at radius 3 is 2.67 bits per heavy atom. The minimum absolute atomic E-state index is 0.275. The molecule has 3 rings (SSSR count). The van der Waals surface area contributed by atoms with Crippen LogP contribution in [0, 0.1) is 12.7 Å². The van der Waals surface area contributed by atoms with Crippen LogP contribution in [0.3, 0.4) is 0 Å². The van der Waals surface area contributed by atoms with Crippen molar-refractivity contribution in [1.29, 1.82) is 0 Å². The van der Waals surface area contributed by atoms with Gasteiger partial charge in [0.1, 0.15) is 11.5 Å². The van der Waals surface area contributed by atoms with Crippen molar-refractivity contribution in [3.63, 3.8) is 0 Å². The van der Waals surface area contributed by atoms with Crippen LogP contribution in [-0.2, 0) is 0 Å². The van der Waals surface area contributed by atoms with Gasteiger partial charge < -0.3 is 0 Å². The van der Waals surface area contributed by atoms with Crippen LogP contribution in [0.5, 0.6) is 0 Å². The Morgan fingerprint density at radius 2 is 1.95 bits per heavy atom. The van der Waals surface area contributed by atoms with Gasteiger partial charge in [0.05, 0.1) is 0 Å². The fourth-order valence-corrected chi connectivity index (χ4v) is 2.23. The van der Waals surface area contributed by atoms with E-state index < -0.39 is 5.82 Å². The monoisotopic (exact) mass is 281 g/mol. The van der Waals surface area contributed by atoms with Crippen molar-refractivity contribution in [2.45, 2.75) is 6.92 Å². The second-order valence-electron chi connectivity index (χ2n) is 4.65. The van der Waals surface area contributed by atoms with Crippen LogP contribution in [0.4, 0.5) is 4.39 Å². The van der Waals surface area contributed by atoms with Crippen LogP contribution >= 0.6 is 0 Å². The summed E-state index contributed by atoms with van der Waals surface area (Å²) in [4.78, 5) is 16.5. The lowest BCUT2D eigenvalue weighted by Gasteiger charge is -2.04. The van der Waals surface area contributed by atoms with E-state index in [4.69, 9.17) is 0 Å². The molecule has 0 bridgehead atoms. The summed E-state index contributed by atoms with van der Waals surface area (Å²) < 4.78 is 13.3. The molecule has 0 atom stereocenters. The molecule has 0 aliphatic rings. The normalized spacial score (nSPS) is 10.6. The Balaban J connectivity index is 2.10. The van der Waals surface area contributed by atoms with Crippen LogP contribution in [0.25, 0.3) is 11.1 Å². The third-order valence-corrected chi connectivity index (χ3v) is 3.22. The Labute approximate surface area is 120 Å². The maximum absolute atomic E-state index is 13.3. The van der Waals surface area contributed by atoms with Gasteiger partial charge in [-0.25, -0.2) is 4.39 Å². The molecule has 0 saturated carbocycles. The number of nitrogens with one attached hydrogen (secondary N) is 1. The summed E-state index contributed by atoms with van der Waals surface area (Å²) in [6, 6.07) is 9.21. The number of carbonyl (C=O) groups is 1. The first kappa shape index (κ1) is 13.2. The number of pyridine rings is 1. The van der Waals surface area contributed by atoms with E-state index in [0.717, 1.165) is 11.3 Å². The molecule has 0 radical (unpaired) electrons. The SMILES string of the molecule is Cc1[nH]nc(C(=O)c2cccc(F)c2)c1-c1ccncc1. The Bertz CT molecular complexity index is 796. The van der Waals surface area contributed by atoms with E-state index in [-0.39, 0.29) is 17.0 Å². The van der Waals surface area contributed by atoms with Crippen molar-refractivity contribution in [2.75, 3.05) is 0 Å². The van der Waals surface area contributed by atoms with E-state index in [1.165, 1.54) is 18.2 Å². The lowest BCUT2D eigenvalue weighted by molar-refractivity contribution is 0.103. The Morgan fingerprint density at radius 1 is 1.19 bits per heavy atom. The van der Waals surface area contributed by atoms with Crippen LogP contribution in [0.15, 0.2) is 48.8 Å². The number of aryl methyl sites for hydroxylation is 1. The molecule has 21 heavy (non-hydrogen) atoms. The highest BCUT2D eigenvalue weighted by atomic mass is 19.1. The van der Waals surface area contributed by atoms with Gasteiger partial charge in [-0.2, -0.15) is 5.10 Å². The molecule has 0 fully saturated rings. The molecule has 2 aromatic heterocycles. The number of ketones is 1. The summed E-state index contributed by atoms with van der Waals surface area (Å²) in [7, 11) is 0. The van der Waals surface area contributed by atoms with E-state index in [0.29, 0.717) is 5.56 Å². The molecule has 0 spiro atoms. The standard InChI is InChI=1S/C16H12FN3O/c1-10-14(11-5-7-18-8-6-11)15(20-19-10)16(21)12-3-2-4-13(17)9-12/h2-9H,1H3,(H,19,20). The average molecular weight is 281 g/mol. The number of halogens is 1. The second-order valence-corrected chi connectivity index (χ2v) is 4.65. The lowest BCUT2D eigenvalue weighted by atomic mass is 9.99. The van der Waals surface area contributed by atoms with Crippen molar-refractivity contribution >= 4 is 5.78 Å². The van der Waals surface area contributed by atoms with Gasteiger partial charge in [0, 0.05) is 29.2 Å². The number of rotatable bonds is 3. The van der Waals surface area contributed by atoms with Gasteiger partial charge in [0.25, 0.3) is 0 Å². The van der Waals surface area contributed by atoms with Crippen LogP contribution in [-0.4, -0.2) is 21.0 Å². The lowest BCUT2D eigenvalue weighted by Crippen LogP contribution is -2.04. The molecule has 0 aliphatic carbocycles. The third kappa shape index (κ3) is 2.45. The summed E-state index contributed by atoms with van der Waals surface area (Å²) >= 11 is 0. The van der Waals surface area contributed by atoms with Crippen molar-refractivity contribution < 1.29 is 9.18 Å². The van der Waals surface area contributed by atoms with E-state index >= 15 is 0 Å². The fraction of sp³-hybridized carbons (Fsp3) is 0.0625. The first-order chi connectivity index (χ1) is 10.2. The summed E-state index contributed by atoms with van der Waals surface area (Å²) in [6.07, 6.45) is 3.30. The first-order valence-electron chi connectivity index (χ1n) is 6.42. The molecule has 0 aliphatic heterocycles. The van der Waals surface area contributed by atoms with Crippen LogP contribution in [0.1, 0.15) is 21.7 Å². The van der Waals surface area contributed by atoms with Gasteiger partial charge in [0.15, 0.2) is 0 Å². The zero-order valence-electron chi connectivity index (χ0n) is 11.3. The van der Waals surface area contributed by atoms with E-state index in [2.05, 4.69) is 15.2 Å². The average Bonchev–Trinajstić information content (AvgIpc) is 2.89. The molecule has 1 N–H and O–H groups in total. The molecule has 0 saturated heterocycles. The van der Waals surface area contributed by atoms with Crippen LogP contribution in [0.2, 0.25) is 0 Å². The minimum atomic E-state index is -0.446. The molecule has 4 nitrogen and oxygen atoms in total. The maximum atomic E-state index is 13.3. The van der Waals surface area contributed by atoms with Gasteiger partial charge in [-0.15, -0.1) is 0 Å². The van der Waals surface area contributed by atoms with Gasteiger partial charge in [-0.1, -0.05) is 12.1 Å². The van der Waals surface area contributed by atoms with E-state index in [1.807, 2.05) is 6.92 Å². The zero-order valence-corrected chi connectivity index (χ0v) is 11.3. The number of nitrogens with zero attached hydrogens (tertiary/aromatic N) is 2. The Hall–Kier alpha value is -2.82. The highest BCUT2D eigenvalue weighted by Gasteiger charge is 2.20. The topological polar surface area (TPSA) is 58.6 Å². The molecule has 104 valence electrons. The van der Waals surface area contributed by atoms with Gasteiger partial charge >= 0.3 is 0 Å². The minimum Gasteiger partial charge on any atom is -0.287 e. The van der Waals surface area contributed by atoms with Crippen molar-refractivity contribution in [1.82, 2.24) is 15.2 Å². The summed E-state index contributed by atoms with van der Waals surface area (Å²) in [6.45, 7) is 1.84. The number of H-pyrrole nitrogens is 1. The summed E-state index contributed by atoms with van der Waals surface area (Å²) in [5, 5.41) is 6.90. The quantitative estimate of drug-likeness (QED) is 0.750. The largest absolute Gasteiger partial charge is 0.287 e. The van der Waals surface area contributed by atoms with Gasteiger partial charge in [-0.3, -0.25) is 14.9 Å². The Kier molecular flexibility index (Phi) is 3.31. The molecule has 2 heterocycles. The van der Waals surface area contributed by atoms with Crippen molar-refractivity contribution in [2.24, 2.45) is 0 Å². The predicted octanol–water partition coefficient (Wildman–Crippen LogP) is 3.15. The molecular formula is C16H12FN3O. The fourth-order valence-electron chi connectivity index (χ4n) is 2.23. The summed E-state index contributed by atoms with van der Waals surface area (Å²) in [5.74, 6) is -0.760. The number of aromatic amines is 1. The molecular weight excluding hydrogens is 269 g/mol. The van der Waals surface area contributed by atoms with E-state index in [1.54, 1.807) is 30.6 Å². The highest BCUT2D eigenvalue weighted by molar-refractivity contribution is 6.11. The number of hydrogen-bond donors (Lipinski definition) is 1. The van der Waals surface area contributed by atoms with Crippen molar-refractivity contribution in [3.8, 4) is 11.1 Å². The zero-order chi connectivity index (χ0) is 14.8. The molecule has 5 heteroatoms. The third-order valence-electron chi connectivity index (χ3n) is 3.22. The number of carbonyl (C=O) groups excluding carboxylic acids is 1. The molecule has 1 aromatic carbocycles. The predicted molar refractivity (Wildman–Crippen MR) is 76.4 cm³/mol. The molecule has 0 unspecified atom stereocenters. The number of aromatic nitrogens is 3. The number of hydrogen-bond acceptors (Lipinski definition) is 3.